The smallest absolute Gasteiger partial charge is 0.00721 e. The first-order valence-electron chi connectivity index (χ1n) is 7.23. The Kier molecular flexibility index (Phi) is 5.82. The van der Waals surface area contributed by atoms with E-state index in [0.717, 1.165) is 12.0 Å². The standard InChI is InChI=1S/C15H31N/c1-13(2)8-5-6-11-16-14-9-7-10-15(3,4)12-14/h13-14,16H,5-12H2,1-4H3. The third-order valence-corrected chi connectivity index (χ3v) is 3.85. The number of rotatable bonds is 6. The van der Waals surface area contributed by atoms with Crippen LogP contribution in [0.2, 0.25) is 0 Å². The third kappa shape index (κ3) is 5.89. The molecule has 1 atom stereocenters. The summed E-state index contributed by atoms with van der Waals surface area (Å²) < 4.78 is 0. The molecule has 0 amide bonds. The molecule has 1 aliphatic carbocycles. The average Bonchev–Trinajstić information content (AvgIpc) is 2.15. The van der Waals surface area contributed by atoms with E-state index in [4.69, 9.17) is 0 Å². The van der Waals surface area contributed by atoms with Crippen molar-refractivity contribution in [3.63, 3.8) is 0 Å². The van der Waals surface area contributed by atoms with E-state index in [9.17, 15) is 0 Å². The Bertz CT molecular complexity index is 184. The minimum absolute atomic E-state index is 0.577. The van der Waals surface area contributed by atoms with Gasteiger partial charge in [0.1, 0.15) is 0 Å². The van der Waals surface area contributed by atoms with Gasteiger partial charge in [-0.25, -0.2) is 0 Å². The van der Waals surface area contributed by atoms with Crippen molar-refractivity contribution in [3.8, 4) is 0 Å². The van der Waals surface area contributed by atoms with Crippen LogP contribution in [-0.4, -0.2) is 12.6 Å². The average molecular weight is 225 g/mol. The maximum Gasteiger partial charge on any atom is 0.00721 e. The summed E-state index contributed by atoms with van der Waals surface area (Å²) in [5.41, 5.74) is 0.577. The molecule has 1 rings (SSSR count). The van der Waals surface area contributed by atoms with E-state index in [0.29, 0.717) is 5.41 Å². The number of unbranched alkanes of at least 4 members (excludes halogenated alkanes) is 1. The minimum Gasteiger partial charge on any atom is -0.314 e. The van der Waals surface area contributed by atoms with Crippen LogP contribution in [0, 0.1) is 11.3 Å². The van der Waals surface area contributed by atoms with Gasteiger partial charge < -0.3 is 5.32 Å². The molecule has 1 fully saturated rings. The van der Waals surface area contributed by atoms with Crippen molar-refractivity contribution in [2.24, 2.45) is 11.3 Å². The molecular formula is C15H31N. The lowest BCUT2D eigenvalue weighted by molar-refractivity contribution is 0.198. The zero-order chi connectivity index (χ0) is 12.0. The molecule has 0 radical (unpaired) electrons. The van der Waals surface area contributed by atoms with E-state index in [2.05, 4.69) is 33.0 Å². The summed E-state index contributed by atoms with van der Waals surface area (Å²) in [6.07, 6.45) is 9.73. The van der Waals surface area contributed by atoms with Crippen LogP contribution < -0.4 is 5.32 Å². The first kappa shape index (κ1) is 14.0. The summed E-state index contributed by atoms with van der Waals surface area (Å²) in [6, 6.07) is 0.794. The van der Waals surface area contributed by atoms with Gasteiger partial charge in [0.25, 0.3) is 0 Å². The van der Waals surface area contributed by atoms with Crippen LogP contribution >= 0.6 is 0 Å². The SMILES string of the molecule is CC(C)CCCCNC1CCCC(C)(C)C1. The molecule has 1 nitrogen and oxygen atoms in total. The van der Waals surface area contributed by atoms with Gasteiger partial charge in [-0.2, -0.15) is 0 Å². The summed E-state index contributed by atoms with van der Waals surface area (Å²) >= 11 is 0. The second-order valence-corrected chi connectivity index (χ2v) is 6.80. The van der Waals surface area contributed by atoms with Gasteiger partial charge in [-0.3, -0.25) is 0 Å². The van der Waals surface area contributed by atoms with Crippen LogP contribution in [0.25, 0.3) is 0 Å². The molecule has 0 aliphatic heterocycles. The molecule has 0 aromatic heterocycles. The second kappa shape index (κ2) is 6.64. The van der Waals surface area contributed by atoms with Crippen LogP contribution in [0.15, 0.2) is 0 Å². The van der Waals surface area contributed by atoms with Crippen molar-refractivity contribution in [2.75, 3.05) is 6.54 Å². The van der Waals surface area contributed by atoms with Gasteiger partial charge in [0, 0.05) is 6.04 Å². The Morgan fingerprint density at radius 1 is 1.25 bits per heavy atom. The summed E-state index contributed by atoms with van der Waals surface area (Å²) in [6.45, 7) is 10.7. The second-order valence-electron chi connectivity index (χ2n) is 6.80. The topological polar surface area (TPSA) is 12.0 Å². The van der Waals surface area contributed by atoms with Crippen molar-refractivity contribution in [1.82, 2.24) is 5.32 Å². The summed E-state index contributed by atoms with van der Waals surface area (Å²) in [5.74, 6) is 0.869. The first-order chi connectivity index (χ1) is 7.49. The molecule has 0 heterocycles. The molecule has 1 unspecified atom stereocenters. The van der Waals surface area contributed by atoms with Crippen molar-refractivity contribution in [1.29, 1.82) is 0 Å². The fourth-order valence-corrected chi connectivity index (χ4v) is 2.86. The molecule has 96 valence electrons. The number of nitrogens with one attached hydrogen (secondary N) is 1. The summed E-state index contributed by atoms with van der Waals surface area (Å²) in [7, 11) is 0. The van der Waals surface area contributed by atoms with Crippen LogP contribution in [0.4, 0.5) is 0 Å². The molecule has 0 aromatic rings. The number of hydrogen-bond acceptors (Lipinski definition) is 1. The highest BCUT2D eigenvalue weighted by Crippen LogP contribution is 2.34. The predicted octanol–water partition coefficient (Wildman–Crippen LogP) is 4.37. The van der Waals surface area contributed by atoms with E-state index in [1.54, 1.807) is 0 Å². The largest absolute Gasteiger partial charge is 0.314 e. The Labute approximate surface area is 102 Å². The maximum absolute atomic E-state index is 3.75. The van der Waals surface area contributed by atoms with Crippen LogP contribution in [0.3, 0.4) is 0 Å². The lowest BCUT2D eigenvalue weighted by Gasteiger charge is -2.35. The normalized spacial score (nSPS) is 24.9. The van der Waals surface area contributed by atoms with Crippen molar-refractivity contribution >= 4 is 0 Å². The quantitative estimate of drug-likeness (QED) is 0.662. The van der Waals surface area contributed by atoms with E-state index in [1.807, 2.05) is 0 Å². The highest BCUT2D eigenvalue weighted by atomic mass is 14.9. The molecular weight excluding hydrogens is 194 g/mol. The van der Waals surface area contributed by atoms with E-state index in [1.165, 1.54) is 51.5 Å². The summed E-state index contributed by atoms with van der Waals surface area (Å²) in [4.78, 5) is 0. The van der Waals surface area contributed by atoms with Gasteiger partial charge in [0.05, 0.1) is 0 Å². The van der Waals surface area contributed by atoms with Crippen molar-refractivity contribution in [2.45, 2.75) is 78.7 Å². The van der Waals surface area contributed by atoms with Crippen molar-refractivity contribution in [3.05, 3.63) is 0 Å². The molecule has 1 saturated carbocycles. The lowest BCUT2D eigenvalue weighted by Crippen LogP contribution is -2.37. The highest BCUT2D eigenvalue weighted by molar-refractivity contribution is 4.83. The van der Waals surface area contributed by atoms with Crippen LogP contribution in [0.5, 0.6) is 0 Å². The Balaban J connectivity index is 2.04. The van der Waals surface area contributed by atoms with Crippen molar-refractivity contribution < 1.29 is 0 Å². The Morgan fingerprint density at radius 2 is 2.00 bits per heavy atom. The molecule has 1 aliphatic rings. The monoisotopic (exact) mass is 225 g/mol. The molecule has 16 heavy (non-hydrogen) atoms. The van der Waals surface area contributed by atoms with E-state index in [-0.39, 0.29) is 0 Å². The zero-order valence-electron chi connectivity index (χ0n) is 11.8. The zero-order valence-corrected chi connectivity index (χ0v) is 11.8. The predicted molar refractivity (Wildman–Crippen MR) is 72.7 cm³/mol. The molecule has 0 bridgehead atoms. The fourth-order valence-electron chi connectivity index (χ4n) is 2.86. The molecule has 0 aromatic carbocycles. The van der Waals surface area contributed by atoms with E-state index < -0.39 is 0 Å². The maximum atomic E-state index is 3.75. The van der Waals surface area contributed by atoms with Gasteiger partial charge in [0.2, 0.25) is 0 Å². The van der Waals surface area contributed by atoms with Gasteiger partial charge in [0.15, 0.2) is 0 Å². The Morgan fingerprint density at radius 3 is 2.62 bits per heavy atom. The van der Waals surface area contributed by atoms with E-state index >= 15 is 0 Å². The Hall–Kier alpha value is -0.0400. The molecule has 0 spiro atoms. The first-order valence-corrected chi connectivity index (χ1v) is 7.23. The van der Waals surface area contributed by atoms with Gasteiger partial charge in [-0.1, -0.05) is 47.0 Å². The van der Waals surface area contributed by atoms with Crippen LogP contribution in [-0.2, 0) is 0 Å². The molecule has 1 heteroatoms. The third-order valence-electron chi connectivity index (χ3n) is 3.85. The minimum atomic E-state index is 0.577. The summed E-state index contributed by atoms with van der Waals surface area (Å²) in [5, 5.41) is 3.75. The van der Waals surface area contributed by atoms with Gasteiger partial charge in [-0.15, -0.1) is 0 Å². The molecule has 0 saturated heterocycles. The highest BCUT2D eigenvalue weighted by Gasteiger charge is 2.27. The number of hydrogen-bond donors (Lipinski definition) is 1. The van der Waals surface area contributed by atoms with Crippen LogP contribution in [0.1, 0.15) is 72.6 Å². The lowest BCUT2D eigenvalue weighted by atomic mass is 9.75. The fraction of sp³-hybridized carbons (Fsp3) is 1.00. The van der Waals surface area contributed by atoms with Gasteiger partial charge in [-0.05, 0) is 43.6 Å². The molecule has 1 N–H and O–H groups in total. The van der Waals surface area contributed by atoms with Gasteiger partial charge >= 0.3 is 0 Å².